The van der Waals surface area contributed by atoms with Gasteiger partial charge in [0, 0.05) is 32.2 Å². The zero-order valence-electron chi connectivity index (χ0n) is 16.5. The molecule has 1 fully saturated rings. The SMILES string of the molecule is COc1cc(C(=O)N2CCN(C(=O)c3ccccc3F)CC2)c([N+](=O)[O-])cc1OC. The minimum atomic E-state index is -0.660. The molecule has 0 aromatic heterocycles. The Balaban J connectivity index is 1.78. The maximum atomic E-state index is 13.9. The van der Waals surface area contributed by atoms with Crippen molar-refractivity contribution in [2.24, 2.45) is 0 Å². The summed E-state index contributed by atoms with van der Waals surface area (Å²) in [4.78, 5) is 39.1. The number of carbonyl (C=O) groups is 2. The summed E-state index contributed by atoms with van der Waals surface area (Å²) in [5.41, 5.74) is -0.568. The summed E-state index contributed by atoms with van der Waals surface area (Å²) in [6.45, 7) is 0.676. The molecule has 0 N–H and O–H groups in total. The second kappa shape index (κ2) is 8.76. The number of carbonyl (C=O) groups excluding carboxylic acids is 2. The predicted molar refractivity (Wildman–Crippen MR) is 104 cm³/mol. The van der Waals surface area contributed by atoms with Crippen LogP contribution in [0, 0.1) is 15.9 Å². The molecule has 30 heavy (non-hydrogen) atoms. The zero-order valence-corrected chi connectivity index (χ0v) is 16.5. The van der Waals surface area contributed by atoms with Gasteiger partial charge in [0.1, 0.15) is 11.4 Å². The quantitative estimate of drug-likeness (QED) is 0.547. The molecular weight excluding hydrogens is 397 g/mol. The molecule has 0 spiro atoms. The van der Waals surface area contributed by atoms with E-state index in [1.165, 1.54) is 48.3 Å². The van der Waals surface area contributed by atoms with E-state index in [0.717, 1.165) is 6.07 Å². The molecule has 1 heterocycles. The van der Waals surface area contributed by atoms with Crippen molar-refractivity contribution in [2.75, 3.05) is 40.4 Å². The van der Waals surface area contributed by atoms with Crippen LogP contribution in [-0.2, 0) is 0 Å². The Hall–Kier alpha value is -3.69. The van der Waals surface area contributed by atoms with Crippen LogP contribution in [0.5, 0.6) is 11.5 Å². The molecule has 0 bridgehead atoms. The summed E-state index contributed by atoms with van der Waals surface area (Å²) >= 11 is 0. The number of nitro benzene ring substituents is 1. The molecule has 9 nitrogen and oxygen atoms in total. The number of halogens is 1. The lowest BCUT2D eigenvalue weighted by Crippen LogP contribution is -2.50. The number of hydrogen-bond acceptors (Lipinski definition) is 6. The van der Waals surface area contributed by atoms with E-state index in [4.69, 9.17) is 9.47 Å². The highest BCUT2D eigenvalue weighted by molar-refractivity contribution is 5.99. The summed E-state index contributed by atoms with van der Waals surface area (Å²) < 4.78 is 24.1. The van der Waals surface area contributed by atoms with Gasteiger partial charge in [-0.2, -0.15) is 0 Å². The van der Waals surface area contributed by atoms with Crippen LogP contribution in [0.4, 0.5) is 10.1 Å². The predicted octanol–water partition coefficient (Wildman–Crippen LogP) is 2.35. The third-order valence-electron chi connectivity index (χ3n) is 4.89. The van der Waals surface area contributed by atoms with E-state index in [2.05, 4.69) is 0 Å². The molecule has 2 aromatic rings. The zero-order chi connectivity index (χ0) is 21.8. The van der Waals surface area contributed by atoms with Crippen LogP contribution in [0.15, 0.2) is 36.4 Å². The second-order valence-electron chi connectivity index (χ2n) is 6.55. The maximum absolute atomic E-state index is 13.9. The van der Waals surface area contributed by atoms with E-state index in [9.17, 15) is 24.1 Å². The van der Waals surface area contributed by atoms with Gasteiger partial charge >= 0.3 is 0 Å². The average Bonchev–Trinajstić information content (AvgIpc) is 2.77. The molecule has 2 aromatic carbocycles. The number of benzene rings is 2. The van der Waals surface area contributed by atoms with Gasteiger partial charge in [0.25, 0.3) is 17.5 Å². The van der Waals surface area contributed by atoms with E-state index >= 15 is 0 Å². The number of methoxy groups -OCH3 is 2. The van der Waals surface area contributed by atoms with Crippen molar-refractivity contribution in [3.8, 4) is 11.5 Å². The molecular formula is C20H20FN3O6. The van der Waals surface area contributed by atoms with Crippen LogP contribution >= 0.6 is 0 Å². The fourth-order valence-electron chi connectivity index (χ4n) is 3.28. The average molecular weight is 417 g/mol. The molecule has 3 rings (SSSR count). The summed E-state index contributed by atoms with van der Waals surface area (Å²) in [6, 6.07) is 8.11. The lowest BCUT2D eigenvalue weighted by molar-refractivity contribution is -0.385. The van der Waals surface area contributed by atoms with E-state index < -0.39 is 28.2 Å². The molecule has 1 aliphatic rings. The van der Waals surface area contributed by atoms with Crippen molar-refractivity contribution in [2.45, 2.75) is 0 Å². The number of amides is 2. The van der Waals surface area contributed by atoms with Gasteiger partial charge < -0.3 is 19.3 Å². The lowest BCUT2D eigenvalue weighted by Gasteiger charge is -2.34. The second-order valence-corrected chi connectivity index (χ2v) is 6.55. The van der Waals surface area contributed by atoms with Gasteiger partial charge in [-0.15, -0.1) is 0 Å². The highest BCUT2D eigenvalue weighted by atomic mass is 19.1. The largest absolute Gasteiger partial charge is 0.493 e. The Labute approximate surface area is 171 Å². The van der Waals surface area contributed by atoms with Crippen molar-refractivity contribution >= 4 is 17.5 Å². The van der Waals surface area contributed by atoms with Gasteiger partial charge in [-0.3, -0.25) is 19.7 Å². The molecule has 158 valence electrons. The van der Waals surface area contributed by atoms with Crippen molar-refractivity contribution in [1.29, 1.82) is 0 Å². The first-order valence-electron chi connectivity index (χ1n) is 9.10. The molecule has 0 radical (unpaired) electrons. The standard InChI is InChI=1S/C20H20FN3O6/c1-29-17-11-14(16(24(27)28)12-18(17)30-2)20(26)23-9-7-22(8-10-23)19(25)13-5-3-4-6-15(13)21/h3-6,11-12H,7-10H2,1-2H3. The van der Waals surface area contributed by atoms with E-state index in [0.29, 0.717) is 0 Å². The molecule has 10 heteroatoms. The minimum Gasteiger partial charge on any atom is -0.493 e. The summed E-state index contributed by atoms with van der Waals surface area (Å²) in [5, 5.41) is 11.5. The van der Waals surface area contributed by atoms with Crippen LogP contribution in [-0.4, -0.2) is 66.9 Å². The third-order valence-corrected chi connectivity index (χ3v) is 4.89. The van der Waals surface area contributed by atoms with Gasteiger partial charge in [0.15, 0.2) is 11.5 Å². The summed E-state index contributed by atoms with van der Waals surface area (Å²) in [7, 11) is 2.71. The molecule has 1 saturated heterocycles. The molecule has 0 unspecified atom stereocenters. The number of rotatable bonds is 5. The maximum Gasteiger partial charge on any atom is 0.286 e. The monoisotopic (exact) mass is 417 g/mol. The van der Waals surface area contributed by atoms with E-state index in [1.54, 1.807) is 6.07 Å². The van der Waals surface area contributed by atoms with Crippen molar-refractivity contribution < 1.29 is 28.4 Å². The Morgan fingerprint density at radius 3 is 1.93 bits per heavy atom. The fraction of sp³-hybridized carbons (Fsp3) is 0.300. The van der Waals surface area contributed by atoms with Crippen LogP contribution in [0.1, 0.15) is 20.7 Å². The Morgan fingerprint density at radius 2 is 1.43 bits per heavy atom. The Bertz CT molecular complexity index is 989. The van der Waals surface area contributed by atoms with Crippen LogP contribution < -0.4 is 9.47 Å². The minimum absolute atomic E-state index is 0.0344. The van der Waals surface area contributed by atoms with Gasteiger partial charge in [0.05, 0.1) is 30.8 Å². The van der Waals surface area contributed by atoms with Crippen LogP contribution in [0.3, 0.4) is 0 Å². The van der Waals surface area contributed by atoms with Crippen molar-refractivity contribution in [1.82, 2.24) is 9.80 Å². The van der Waals surface area contributed by atoms with E-state index in [-0.39, 0.29) is 48.8 Å². The first-order valence-corrected chi connectivity index (χ1v) is 9.10. The third kappa shape index (κ3) is 4.02. The first kappa shape index (κ1) is 21.0. The van der Waals surface area contributed by atoms with Gasteiger partial charge in [-0.05, 0) is 12.1 Å². The van der Waals surface area contributed by atoms with Crippen LogP contribution in [0.2, 0.25) is 0 Å². The van der Waals surface area contributed by atoms with Crippen molar-refractivity contribution in [3.05, 3.63) is 63.5 Å². The smallest absolute Gasteiger partial charge is 0.286 e. The number of nitrogens with zero attached hydrogens (tertiary/aromatic N) is 3. The van der Waals surface area contributed by atoms with Crippen molar-refractivity contribution in [3.63, 3.8) is 0 Å². The normalized spacial score (nSPS) is 13.7. The fourth-order valence-corrected chi connectivity index (χ4v) is 3.28. The van der Waals surface area contributed by atoms with Gasteiger partial charge in [-0.1, -0.05) is 12.1 Å². The Kier molecular flexibility index (Phi) is 6.14. The van der Waals surface area contributed by atoms with Gasteiger partial charge in [-0.25, -0.2) is 4.39 Å². The number of nitro groups is 1. The molecule has 0 atom stereocenters. The topological polar surface area (TPSA) is 102 Å². The molecule has 0 aliphatic carbocycles. The van der Waals surface area contributed by atoms with Gasteiger partial charge in [0.2, 0.25) is 0 Å². The molecule has 2 amide bonds. The molecule has 1 aliphatic heterocycles. The number of piperazine rings is 1. The molecule has 0 saturated carbocycles. The Morgan fingerprint density at radius 1 is 0.933 bits per heavy atom. The first-order chi connectivity index (χ1) is 14.4. The summed E-state index contributed by atoms with van der Waals surface area (Å²) in [6.07, 6.45) is 0. The van der Waals surface area contributed by atoms with Crippen LogP contribution in [0.25, 0.3) is 0 Å². The lowest BCUT2D eigenvalue weighted by atomic mass is 10.1. The highest BCUT2D eigenvalue weighted by Gasteiger charge is 2.31. The number of hydrogen-bond donors (Lipinski definition) is 0. The highest BCUT2D eigenvalue weighted by Crippen LogP contribution is 2.35. The van der Waals surface area contributed by atoms with E-state index in [1.807, 2.05) is 0 Å². The summed E-state index contributed by atoms with van der Waals surface area (Å²) in [5.74, 6) is -1.29. The number of ether oxygens (including phenoxy) is 2.